The fourth-order valence-corrected chi connectivity index (χ4v) is 7.41. The number of anilines is 1. The Bertz CT molecular complexity index is 1840. The molecule has 0 unspecified atom stereocenters. The molecule has 3 atom stereocenters. The van der Waals surface area contributed by atoms with Crippen molar-refractivity contribution in [3.63, 3.8) is 0 Å². The van der Waals surface area contributed by atoms with Crippen molar-refractivity contribution in [1.29, 1.82) is 0 Å². The molecule has 46 heavy (non-hydrogen) atoms. The van der Waals surface area contributed by atoms with Gasteiger partial charge in [0.1, 0.15) is 29.8 Å². The van der Waals surface area contributed by atoms with Gasteiger partial charge in [0.15, 0.2) is 5.82 Å². The Morgan fingerprint density at radius 1 is 1.20 bits per heavy atom. The standard InChI is InChI=1S/C34H34F4N6O2/c1-3-27(45)43-12-9-23(18-43)42(2)32-26-16-39-29(25-14-21(31(37)38)13-20-7-4-5-8-24(20)25)28(36)30(26)40-33(41-32)46-19-34-10-6-11-44(34)17-22(35)15-34/h3-5,7-8,13-14,16,22-23,31H,1,6,9-12,15,17-19H2,2H3/t22-,23-,34+/m1/s1. The first-order chi connectivity index (χ1) is 22.2. The molecule has 4 aromatic rings. The fraction of sp³-hybridized carbons (Fsp3) is 0.412. The van der Waals surface area contributed by atoms with E-state index in [9.17, 15) is 18.0 Å². The van der Waals surface area contributed by atoms with E-state index in [1.54, 1.807) is 29.2 Å². The number of hydrogen-bond acceptors (Lipinski definition) is 7. The van der Waals surface area contributed by atoms with Gasteiger partial charge in [-0.25, -0.2) is 17.6 Å². The number of fused-ring (bicyclic) bond motifs is 3. The Morgan fingerprint density at radius 3 is 2.83 bits per heavy atom. The van der Waals surface area contributed by atoms with E-state index in [0.29, 0.717) is 54.5 Å². The number of likely N-dealkylation sites (tertiary alicyclic amines) is 1. The van der Waals surface area contributed by atoms with Crippen molar-refractivity contribution in [1.82, 2.24) is 24.8 Å². The molecule has 5 heterocycles. The Hall–Kier alpha value is -4.32. The number of carbonyl (C=O) groups is 1. The summed E-state index contributed by atoms with van der Waals surface area (Å²) >= 11 is 0. The van der Waals surface area contributed by atoms with E-state index in [2.05, 4.69) is 21.4 Å². The monoisotopic (exact) mass is 634 g/mol. The molecular formula is C34H34F4N6O2. The summed E-state index contributed by atoms with van der Waals surface area (Å²) in [4.78, 5) is 31.6. The number of halogens is 4. The highest BCUT2D eigenvalue weighted by Gasteiger charge is 2.49. The van der Waals surface area contributed by atoms with Crippen LogP contribution in [-0.4, -0.2) is 88.2 Å². The largest absolute Gasteiger partial charge is 0.461 e. The number of amides is 1. The highest BCUT2D eigenvalue weighted by Crippen LogP contribution is 2.41. The second-order valence-electron chi connectivity index (χ2n) is 12.5. The Labute approximate surface area is 263 Å². The second-order valence-corrected chi connectivity index (χ2v) is 12.5. The van der Waals surface area contributed by atoms with Crippen LogP contribution in [0.4, 0.5) is 23.4 Å². The predicted molar refractivity (Wildman–Crippen MR) is 167 cm³/mol. The summed E-state index contributed by atoms with van der Waals surface area (Å²) in [7, 11) is 1.81. The van der Waals surface area contributed by atoms with Gasteiger partial charge in [-0.2, -0.15) is 9.97 Å². The number of benzene rings is 2. The average molecular weight is 635 g/mol. The van der Waals surface area contributed by atoms with Crippen LogP contribution in [0.25, 0.3) is 32.9 Å². The van der Waals surface area contributed by atoms with E-state index in [1.165, 1.54) is 24.4 Å². The topological polar surface area (TPSA) is 74.7 Å². The molecular weight excluding hydrogens is 600 g/mol. The van der Waals surface area contributed by atoms with Gasteiger partial charge in [0.05, 0.1) is 10.9 Å². The van der Waals surface area contributed by atoms with Crippen molar-refractivity contribution in [2.75, 3.05) is 44.7 Å². The Kier molecular flexibility index (Phi) is 7.78. The molecule has 240 valence electrons. The third-order valence-corrected chi connectivity index (χ3v) is 9.80. The summed E-state index contributed by atoms with van der Waals surface area (Å²) in [6, 6.07) is 9.37. The van der Waals surface area contributed by atoms with Crippen LogP contribution in [0.1, 0.15) is 37.7 Å². The number of nitrogens with zero attached hydrogens (tertiary/aromatic N) is 6. The molecule has 3 fully saturated rings. The minimum atomic E-state index is -2.76. The molecule has 3 aliphatic heterocycles. The van der Waals surface area contributed by atoms with Crippen LogP contribution in [0.5, 0.6) is 6.01 Å². The zero-order chi connectivity index (χ0) is 32.2. The number of carbonyl (C=O) groups excluding carboxylic acids is 1. The number of hydrogen-bond donors (Lipinski definition) is 0. The van der Waals surface area contributed by atoms with Gasteiger partial charge in [0.25, 0.3) is 6.43 Å². The van der Waals surface area contributed by atoms with Gasteiger partial charge in [0.2, 0.25) is 5.91 Å². The van der Waals surface area contributed by atoms with Gasteiger partial charge >= 0.3 is 6.01 Å². The third kappa shape index (κ3) is 5.22. The van der Waals surface area contributed by atoms with E-state index < -0.39 is 24.0 Å². The maximum Gasteiger partial charge on any atom is 0.319 e. The van der Waals surface area contributed by atoms with Crippen molar-refractivity contribution in [2.45, 2.75) is 49.9 Å². The van der Waals surface area contributed by atoms with Crippen LogP contribution >= 0.6 is 0 Å². The van der Waals surface area contributed by atoms with Crippen molar-refractivity contribution >= 4 is 33.4 Å². The Morgan fingerprint density at radius 2 is 2.02 bits per heavy atom. The van der Waals surface area contributed by atoms with E-state index in [0.717, 1.165) is 19.4 Å². The lowest BCUT2D eigenvalue weighted by Crippen LogP contribution is -2.43. The van der Waals surface area contributed by atoms with Crippen molar-refractivity contribution in [3.05, 3.63) is 66.6 Å². The van der Waals surface area contributed by atoms with E-state index in [4.69, 9.17) is 9.72 Å². The molecule has 2 aromatic carbocycles. The maximum atomic E-state index is 16.7. The molecule has 3 saturated heterocycles. The maximum absolute atomic E-state index is 16.7. The lowest BCUT2D eigenvalue weighted by Gasteiger charge is -2.31. The molecule has 8 nitrogen and oxygen atoms in total. The predicted octanol–water partition coefficient (Wildman–Crippen LogP) is 6.10. The van der Waals surface area contributed by atoms with Crippen LogP contribution in [-0.2, 0) is 4.79 Å². The lowest BCUT2D eigenvalue weighted by molar-refractivity contribution is -0.125. The quantitative estimate of drug-likeness (QED) is 0.171. The molecule has 1 amide bonds. The van der Waals surface area contributed by atoms with Crippen LogP contribution in [0.2, 0.25) is 0 Å². The molecule has 0 N–H and O–H groups in total. The normalized spacial score (nSPS) is 23.0. The summed E-state index contributed by atoms with van der Waals surface area (Å²) in [5.74, 6) is -0.611. The summed E-state index contributed by atoms with van der Waals surface area (Å²) in [5.41, 5.74) is -0.693. The van der Waals surface area contributed by atoms with Crippen molar-refractivity contribution < 1.29 is 27.1 Å². The van der Waals surface area contributed by atoms with Gasteiger partial charge in [0, 0.05) is 56.5 Å². The SMILES string of the molecule is C=CC(=O)N1CC[C@@H](N(C)c2nc(OC[C@@]34CCCN3C[C@H](F)C4)nc3c(F)c(-c4cc(C(F)F)cc5ccccc45)ncc23)C1. The second kappa shape index (κ2) is 11.8. The zero-order valence-corrected chi connectivity index (χ0v) is 25.4. The van der Waals surface area contributed by atoms with Crippen molar-refractivity contribution in [3.8, 4) is 17.3 Å². The first kappa shape index (κ1) is 30.3. The zero-order valence-electron chi connectivity index (χ0n) is 25.4. The fourth-order valence-electron chi connectivity index (χ4n) is 7.41. The number of pyridine rings is 1. The molecule has 12 heteroatoms. The van der Waals surface area contributed by atoms with E-state index in [1.807, 2.05) is 11.9 Å². The third-order valence-electron chi connectivity index (χ3n) is 9.80. The molecule has 0 radical (unpaired) electrons. The van der Waals surface area contributed by atoms with Crippen molar-refractivity contribution in [2.24, 2.45) is 0 Å². The minimum Gasteiger partial charge on any atom is -0.461 e. The molecule has 0 spiro atoms. The summed E-state index contributed by atoms with van der Waals surface area (Å²) < 4.78 is 65.1. The van der Waals surface area contributed by atoms with Gasteiger partial charge in [-0.1, -0.05) is 30.8 Å². The van der Waals surface area contributed by atoms with Crippen LogP contribution in [0.15, 0.2) is 55.3 Å². The molecule has 0 saturated carbocycles. The molecule has 0 aliphatic carbocycles. The van der Waals surface area contributed by atoms with Crippen LogP contribution in [0.3, 0.4) is 0 Å². The first-order valence-electron chi connectivity index (χ1n) is 15.5. The van der Waals surface area contributed by atoms with E-state index >= 15 is 4.39 Å². The number of alkyl halides is 3. The Balaban J connectivity index is 1.33. The van der Waals surface area contributed by atoms with Crippen LogP contribution < -0.4 is 9.64 Å². The number of rotatable bonds is 8. The van der Waals surface area contributed by atoms with Gasteiger partial charge in [-0.05, 0) is 54.8 Å². The van der Waals surface area contributed by atoms with Crippen LogP contribution in [0, 0.1) is 5.82 Å². The molecule has 2 aromatic heterocycles. The summed E-state index contributed by atoms with van der Waals surface area (Å²) in [5, 5.41) is 1.41. The molecule has 3 aliphatic rings. The highest BCUT2D eigenvalue weighted by atomic mass is 19.3. The summed E-state index contributed by atoms with van der Waals surface area (Å²) in [6.45, 7) is 5.81. The molecule has 0 bridgehead atoms. The van der Waals surface area contributed by atoms with E-state index in [-0.39, 0.29) is 46.9 Å². The summed E-state index contributed by atoms with van der Waals surface area (Å²) in [6.07, 6.45) is 1.72. The van der Waals surface area contributed by atoms with Gasteiger partial charge < -0.3 is 14.5 Å². The molecule has 7 rings (SSSR count). The average Bonchev–Trinajstić information content (AvgIpc) is 3.77. The van der Waals surface area contributed by atoms with Gasteiger partial charge in [-0.15, -0.1) is 0 Å². The minimum absolute atomic E-state index is 0.0721. The highest BCUT2D eigenvalue weighted by molar-refractivity contribution is 5.99. The number of ether oxygens (including phenoxy) is 1. The first-order valence-corrected chi connectivity index (χ1v) is 15.5. The van der Waals surface area contributed by atoms with Gasteiger partial charge in [-0.3, -0.25) is 14.7 Å². The lowest BCUT2D eigenvalue weighted by atomic mass is 9.95. The smallest absolute Gasteiger partial charge is 0.319 e. The number of aromatic nitrogens is 3. The number of likely N-dealkylation sites (N-methyl/N-ethyl adjacent to an activating group) is 1.